The largest absolute Gasteiger partial charge is 0.344 e. The molecule has 0 unspecified atom stereocenters. The summed E-state index contributed by atoms with van der Waals surface area (Å²) < 4.78 is 0. The minimum Gasteiger partial charge on any atom is -0.344 e. The summed E-state index contributed by atoms with van der Waals surface area (Å²) in [7, 11) is 0. The van der Waals surface area contributed by atoms with E-state index in [-0.39, 0.29) is 0 Å². The van der Waals surface area contributed by atoms with E-state index in [1.54, 1.807) is 12.1 Å². The van der Waals surface area contributed by atoms with Gasteiger partial charge in [0.1, 0.15) is 0 Å². The van der Waals surface area contributed by atoms with Gasteiger partial charge in [0.15, 0.2) is 0 Å². The third-order valence-electron chi connectivity index (χ3n) is 3.09. The molecular weight excluding hydrogens is 264 g/mol. The smallest absolute Gasteiger partial charge is 0.313 e. The van der Waals surface area contributed by atoms with Crippen LogP contribution in [0, 0.1) is 13.8 Å². The first-order valence-corrected chi connectivity index (χ1v) is 6.76. The monoisotopic (exact) mass is 282 g/mol. The predicted octanol–water partition coefficient (Wildman–Crippen LogP) is 2.56. The van der Waals surface area contributed by atoms with Gasteiger partial charge in [0.2, 0.25) is 0 Å². The molecule has 2 N–H and O–H groups in total. The lowest BCUT2D eigenvalue weighted by molar-refractivity contribution is -0.136. The van der Waals surface area contributed by atoms with Crippen LogP contribution in [0.3, 0.4) is 0 Å². The van der Waals surface area contributed by atoms with E-state index in [2.05, 4.69) is 10.6 Å². The van der Waals surface area contributed by atoms with Gasteiger partial charge in [-0.25, -0.2) is 0 Å². The van der Waals surface area contributed by atoms with E-state index in [0.29, 0.717) is 12.2 Å². The minimum absolute atomic E-state index is 0.334. The van der Waals surface area contributed by atoms with Gasteiger partial charge in [0.05, 0.1) is 0 Å². The van der Waals surface area contributed by atoms with Gasteiger partial charge >= 0.3 is 11.8 Å². The SMILES string of the molecule is Cc1ccc(CNC(=O)C(=O)Nc2ccc(C)cc2)cc1. The van der Waals surface area contributed by atoms with Crippen molar-refractivity contribution in [1.29, 1.82) is 0 Å². The van der Waals surface area contributed by atoms with Crippen molar-refractivity contribution in [2.75, 3.05) is 5.32 Å². The molecule has 0 atom stereocenters. The van der Waals surface area contributed by atoms with Crippen molar-refractivity contribution >= 4 is 17.5 Å². The first-order valence-electron chi connectivity index (χ1n) is 6.76. The number of hydrogen-bond donors (Lipinski definition) is 2. The summed E-state index contributed by atoms with van der Waals surface area (Å²) in [5, 5.41) is 5.16. The zero-order chi connectivity index (χ0) is 15.2. The molecule has 0 aliphatic rings. The van der Waals surface area contributed by atoms with Gasteiger partial charge < -0.3 is 10.6 Å². The average molecular weight is 282 g/mol. The predicted molar refractivity (Wildman–Crippen MR) is 82.8 cm³/mol. The van der Waals surface area contributed by atoms with Gasteiger partial charge in [-0.05, 0) is 31.5 Å². The number of benzene rings is 2. The van der Waals surface area contributed by atoms with Crippen LogP contribution in [0.2, 0.25) is 0 Å². The Balaban J connectivity index is 1.86. The number of aryl methyl sites for hydroxylation is 2. The van der Waals surface area contributed by atoms with Crippen LogP contribution in [0.5, 0.6) is 0 Å². The highest BCUT2D eigenvalue weighted by molar-refractivity contribution is 6.39. The summed E-state index contributed by atoms with van der Waals surface area (Å²) in [6.07, 6.45) is 0. The lowest BCUT2D eigenvalue weighted by Crippen LogP contribution is -2.34. The molecule has 0 radical (unpaired) electrons. The van der Waals surface area contributed by atoms with E-state index in [1.165, 1.54) is 0 Å². The highest BCUT2D eigenvalue weighted by Gasteiger charge is 2.13. The van der Waals surface area contributed by atoms with Crippen LogP contribution in [0.1, 0.15) is 16.7 Å². The molecule has 0 saturated carbocycles. The quantitative estimate of drug-likeness (QED) is 0.850. The van der Waals surface area contributed by atoms with Crippen LogP contribution in [-0.4, -0.2) is 11.8 Å². The summed E-state index contributed by atoms with van der Waals surface area (Å²) in [5.41, 5.74) is 3.81. The van der Waals surface area contributed by atoms with Crippen LogP contribution < -0.4 is 10.6 Å². The Hall–Kier alpha value is -2.62. The van der Waals surface area contributed by atoms with Crippen LogP contribution in [0.15, 0.2) is 48.5 Å². The molecule has 0 bridgehead atoms. The lowest BCUT2D eigenvalue weighted by Gasteiger charge is -2.07. The zero-order valence-corrected chi connectivity index (χ0v) is 12.1. The van der Waals surface area contributed by atoms with Crippen LogP contribution in [0.4, 0.5) is 5.69 Å². The van der Waals surface area contributed by atoms with Crippen LogP contribution in [0.25, 0.3) is 0 Å². The Kier molecular flexibility index (Phi) is 4.72. The second-order valence-corrected chi connectivity index (χ2v) is 4.99. The molecule has 0 fully saturated rings. The Labute approximate surface area is 124 Å². The number of rotatable bonds is 3. The van der Waals surface area contributed by atoms with Crippen molar-refractivity contribution in [3.05, 3.63) is 65.2 Å². The molecule has 2 aromatic carbocycles. The van der Waals surface area contributed by atoms with Crippen molar-refractivity contribution in [3.8, 4) is 0 Å². The lowest BCUT2D eigenvalue weighted by atomic mass is 10.1. The molecule has 2 aromatic rings. The summed E-state index contributed by atoms with van der Waals surface area (Å²) in [5.74, 6) is -1.30. The number of nitrogens with one attached hydrogen (secondary N) is 2. The fourth-order valence-corrected chi connectivity index (χ4v) is 1.79. The van der Waals surface area contributed by atoms with E-state index in [0.717, 1.165) is 16.7 Å². The molecule has 0 spiro atoms. The average Bonchev–Trinajstić information content (AvgIpc) is 2.48. The van der Waals surface area contributed by atoms with Crippen molar-refractivity contribution in [2.24, 2.45) is 0 Å². The number of carbonyl (C=O) groups excluding carboxylic acids is 2. The maximum absolute atomic E-state index is 11.7. The van der Waals surface area contributed by atoms with Gasteiger partial charge in [-0.3, -0.25) is 9.59 Å². The van der Waals surface area contributed by atoms with Gasteiger partial charge in [0.25, 0.3) is 0 Å². The van der Waals surface area contributed by atoms with E-state index >= 15 is 0 Å². The molecule has 0 aromatic heterocycles. The molecule has 4 heteroatoms. The van der Waals surface area contributed by atoms with Crippen molar-refractivity contribution in [3.63, 3.8) is 0 Å². The van der Waals surface area contributed by atoms with Gasteiger partial charge in [0, 0.05) is 12.2 Å². The third kappa shape index (κ3) is 4.45. The second kappa shape index (κ2) is 6.70. The van der Waals surface area contributed by atoms with E-state index < -0.39 is 11.8 Å². The minimum atomic E-state index is -0.661. The Morgan fingerprint density at radius 3 is 1.90 bits per heavy atom. The number of amides is 2. The van der Waals surface area contributed by atoms with Crippen molar-refractivity contribution in [1.82, 2.24) is 5.32 Å². The van der Waals surface area contributed by atoms with Crippen molar-refractivity contribution in [2.45, 2.75) is 20.4 Å². The molecule has 2 rings (SSSR count). The molecule has 0 aliphatic heterocycles. The zero-order valence-electron chi connectivity index (χ0n) is 12.1. The number of hydrogen-bond acceptors (Lipinski definition) is 2. The Morgan fingerprint density at radius 1 is 0.810 bits per heavy atom. The van der Waals surface area contributed by atoms with E-state index in [1.807, 2.05) is 50.2 Å². The summed E-state index contributed by atoms with van der Waals surface area (Å²) in [4.78, 5) is 23.5. The van der Waals surface area contributed by atoms with Gasteiger partial charge in [-0.2, -0.15) is 0 Å². The topological polar surface area (TPSA) is 58.2 Å². The molecule has 0 aliphatic carbocycles. The summed E-state index contributed by atoms with van der Waals surface area (Å²) in [6.45, 7) is 4.29. The Bertz CT molecular complexity index is 631. The normalized spacial score (nSPS) is 10.0. The fourth-order valence-electron chi connectivity index (χ4n) is 1.79. The maximum Gasteiger partial charge on any atom is 0.313 e. The molecule has 4 nitrogen and oxygen atoms in total. The molecule has 108 valence electrons. The maximum atomic E-state index is 11.7. The van der Waals surface area contributed by atoms with Gasteiger partial charge in [-0.15, -0.1) is 0 Å². The van der Waals surface area contributed by atoms with E-state index in [4.69, 9.17) is 0 Å². The van der Waals surface area contributed by atoms with Crippen LogP contribution in [-0.2, 0) is 16.1 Å². The first-order chi connectivity index (χ1) is 10.0. The molecule has 2 amide bonds. The number of anilines is 1. The standard InChI is InChI=1S/C17H18N2O2/c1-12-3-7-14(8-4-12)11-18-16(20)17(21)19-15-9-5-13(2)6-10-15/h3-10H,11H2,1-2H3,(H,18,20)(H,19,21). The van der Waals surface area contributed by atoms with Crippen molar-refractivity contribution < 1.29 is 9.59 Å². The second-order valence-electron chi connectivity index (χ2n) is 4.99. The Morgan fingerprint density at radius 2 is 1.33 bits per heavy atom. The highest BCUT2D eigenvalue weighted by Crippen LogP contribution is 2.08. The van der Waals surface area contributed by atoms with E-state index in [9.17, 15) is 9.59 Å². The summed E-state index contributed by atoms with van der Waals surface area (Å²) in [6, 6.07) is 15.1. The summed E-state index contributed by atoms with van der Waals surface area (Å²) >= 11 is 0. The number of carbonyl (C=O) groups is 2. The molecule has 21 heavy (non-hydrogen) atoms. The van der Waals surface area contributed by atoms with Crippen LogP contribution >= 0.6 is 0 Å². The molecule has 0 heterocycles. The molecule has 0 saturated heterocycles. The third-order valence-corrected chi connectivity index (χ3v) is 3.09. The fraction of sp³-hybridized carbons (Fsp3) is 0.176. The molecular formula is C17H18N2O2. The first kappa shape index (κ1) is 14.8. The van der Waals surface area contributed by atoms with Gasteiger partial charge in [-0.1, -0.05) is 47.5 Å². The highest BCUT2D eigenvalue weighted by atomic mass is 16.2.